The van der Waals surface area contributed by atoms with Gasteiger partial charge in [-0.25, -0.2) is 9.48 Å². The lowest BCUT2D eigenvalue weighted by atomic mass is 10.3. The van der Waals surface area contributed by atoms with Crippen molar-refractivity contribution in [2.24, 2.45) is 0 Å². The van der Waals surface area contributed by atoms with E-state index in [4.69, 9.17) is 16.3 Å². The Morgan fingerprint density at radius 3 is 2.35 bits per heavy atom. The van der Waals surface area contributed by atoms with E-state index in [9.17, 15) is 4.79 Å². The van der Waals surface area contributed by atoms with Gasteiger partial charge in [0.25, 0.3) is 0 Å². The van der Waals surface area contributed by atoms with Gasteiger partial charge in [-0.2, -0.15) is 5.10 Å². The first-order chi connectivity index (χ1) is 14.9. The smallest absolute Gasteiger partial charge is 0.322 e. The van der Waals surface area contributed by atoms with Crippen LogP contribution in [0, 0.1) is 13.8 Å². The van der Waals surface area contributed by atoms with Gasteiger partial charge in [0.15, 0.2) is 11.6 Å². The lowest BCUT2D eigenvalue weighted by Crippen LogP contribution is -2.50. The molecule has 1 N–H and O–H groups in total. The predicted molar refractivity (Wildman–Crippen MR) is 119 cm³/mol. The SMILES string of the molecule is COc1ccc(Cl)cc1NC(=O)N1CCN(c2ccc(-n3nc(C)cc3C)nn2)CC1. The number of benzene rings is 1. The van der Waals surface area contributed by atoms with Crippen molar-refractivity contribution in [3.63, 3.8) is 0 Å². The predicted octanol–water partition coefficient (Wildman–Crippen LogP) is 3.30. The number of hydrogen-bond acceptors (Lipinski definition) is 6. The summed E-state index contributed by atoms with van der Waals surface area (Å²) in [7, 11) is 1.55. The van der Waals surface area contributed by atoms with E-state index >= 15 is 0 Å². The number of ether oxygens (including phenoxy) is 1. The first kappa shape index (κ1) is 20.9. The highest BCUT2D eigenvalue weighted by Gasteiger charge is 2.23. The van der Waals surface area contributed by atoms with Crippen LogP contribution in [0.3, 0.4) is 0 Å². The molecule has 9 nitrogen and oxygen atoms in total. The van der Waals surface area contributed by atoms with E-state index in [0.29, 0.717) is 48.5 Å². The fraction of sp³-hybridized carbons (Fsp3) is 0.333. The maximum Gasteiger partial charge on any atom is 0.322 e. The average molecular weight is 442 g/mol. The first-order valence-electron chi connectivity index (χ1n) is 9.96. The number of nitrogens with one attached hydrogen (secondary N) is 1. The number of rotatable bonds is 4. The van der Waals surface area contributed by atoms with Crippen molar-refractivity contribution in [2.45, 2.75) is 13.8 Å². The van der Waals surface area contributed by atoms with Crippen molar-refractivity contribution in [1.82, 2.24) is 24.9 Å². The number of nitrogens with zero attached hydrogens (tertiary/aromatic N) is 6. The number of piperazine rings is 1. The monoisotopic (exact) mass is 441 g/mol. The Balaban J connectivity index is 1.37. The van der Waals surface area contributed by atoms with E-state index in [2.05, 4.69) is 25.5 Å². The molecule has 3 heterocycles. The summed E-state index contributed by atoms with van der Waals surface area (Å²) in [6.45, 7) is 6.38. The molecule has 0 radical (unpaired) electrons. The molecule has 0 unspecified atom stereocenters. The molecular formula is C21H24ClN7O2. The van der Waals surface area contributed by atoms with E-state index in [-0.39, 0.29) is 6.03 Å². The molecule has 0 saturated carbocycles. The number of amides is 2. The standard InChI is InChI=1S/C21H24ClN7O2/c1-14-12-15(2)29(26-14)20-7-6-19(24-25-20)27-8-10-28(11-9-27)21(30)23-17-13-16(22)4-5-18(17)31-3/h4-7,12-13H,8-11H2,1-3H3,(H,23,30). The van der Waals surface area contributed by atoms with Crippen LogP contribution in [0.2, 0.25) is 5.02 Å². The van der Waals surface area contributed by atoms with Gasteiger partial charge in [0.05, 0.1) is 18.5 Å². The topological polar surface area (TPSA) is 88.4 Å². The zero-order chi connectivity index (χ0) is 22.0. The molecule has 0 atom stereocenters. The molecule has 31 heavy (non-hydrogen) atoms. The summed E-state index contributed by atoms with van der Waals surface area (Å²) in [5.74, 6) is 2.03. The van der Waals surface area contributed by atoms with Gasteiger partial charge in [0.2, 0.25) is 0 Å². The average Bonchev–Trinajstić information content (AvgIpc) is 3.12. The Labute approximate surface area is 185 Å². The lowest BCUT2D eigenvalue weighted by Gasteiger charge is -2.35. The van der Waals surface area contributed by atoms with Gasteiger partial charge < -0.3 is 19.9 Å². The van der Waals surface area contributed by atoms with Gasteiger partial charge in [0.1, 0.15) is 5.75 Å². The molecule has 0 bridgehead atoms. The Bertz CT molecular complexity index is 1080. The molecular weight excluding hydrogens is 418 g/mol. The molecule has 162 valence electrons. The fourth-order valence-electron chi connectivity index (χ4n) is 3.57. The fourth-order valence-corrected chi connectivity index (χ4v) is 3.74. The van der Waals surface area contributed by atoms with Crippen LogP contribution in [0.25, 0.3) is 5.82 Å². The molecule has 0 aliphatic carbocycles. The molecule has 1 aliphatic heterocycles. The third kappa shape index (κ3) is 4.56. The second kappa shape index (κ2) is 8.81. The van der Waals surface area contributed by atoms with Crippen molar-refractivity contribution in [3.05, 3.63) is 52.8 Å². The molecule has 2 amide bonds. The van der Waals surface area contributed by atoms with Crippen LogP contribution in [-0.4, -0.2) is 64.2 Å². The summed E-state index contributed by atoms with van der Waals surface area (Å²) >= 11 is 6.04. The van der Waals surface area contributed by atoms with E-state index in [1.807, 2.05) is 32.0 Å². The van der Waals surface area contributed by atoms with E-state index in [1.54, 1.807) is 34.9 Å². The van der Waals surface area contributed by atoms with Gasteiger partial charge >= 0.3 is 6.03 Å². The largest absolute Gasteiger partial charge is 0.495 e. The number of halogens is 1. The van der Waals surface area contributed by atoms with Crippen LogP contribution in [0.5, 0.6) is 5.75 Å². The molecule has 0 spiro atoms. The van der Waals surface area contributed by atoms with E-state index in [0.717, 1.165) is 17.2 Å². The number of anilines is 2. The Kier molecular flexibility index (Phi) is 5.94. The minimum absolute atomic E-state index is 0.189. The van der Waals surface area contributed by atoms with Crippen LogP contribution in [0.15, 0.2) is 36.4 Å². The van der Waals surface area contributed by atoms with Crippen LogP contribution in [0.1, 0.15) is 11.4 Å². The van der Waals surface area contributed by atoms with Crippen LogP contribution in [0.4, 0.5) is 16.3 Å². The Hall–Kier alpha value is -3.33. The van der Waals surface area contributed by atoms with Crippen LogP contribution < -0.4 is 15.0 Å². The minimum atomic E-state index is -0.189. The van der Waals surface area contributed by atoms with Crippen molar-refractivity contribution in [3.8, 4) is 11.6 Å². The number of methoxy groups -OCH3 is 1. The molecule has 4 rings (SSSR count). The van der Waals surface area contributed by atoms with Gasteiger partial charge in [-0.3, -0.25) is 0 Å². The lowest BCUT2D eigenvalue weighted by molar-refractivity contribution is 0.208. The van der Waals surface area contributed by atoms with Crippen molar-refractivity contribution in [1.29, 1.82) is 0 Å². The zero-order valence-corrected chi connectivity index (χ0v) is 18.4. The Morgan fingerprint density at radius 1 is 1.03 bits per heavy atom. The molecule has 1 aromatic carbocycles. The third-order valence-corrected chi connectivity index (χ3v) is 5.39. The molecule has 1 fully saturated rings. The highest BCUT2D eigenvalue weighted by molar-refractivity contribution is 6.31. The zero-order valence-electron chi connectivity index (χ0n) is 17.7. The molecule has 10 heteroatoms. The highest BCUT2D eigenvalue weighted by Crippen LogP contribution is 2.28. The Morgan fingerprint density at radius 2 is 1.74 bits per heavy atom. The van der Waals surface area contributed by atoms with E-state index < -0.39 is 0 Å². The quantitative estimate of drug-likeness (QED) is 0.668. The third-order valence-electron chi connectivity index (χ3n) is 5.16. The van der Waals surface area contributed by atoms with Crippen LogP contribution in [-0.2, 0) is 0 Å². The highest BCUT2D eigenvalue weighted by atomic mass is 35.5. The molecule has 1 saturated heterocycles. The van der Waals surface area contributed by atoms with Gasteiger partial charge in [0, 0.05) is 36.9 Å². The summed E-state index contributed by atoms with van der Waals surface area (Å²) in [6.07, 6.45) is 0. The normalized spacial score (nSPS) is 13.9. The minimum Gasteiger partial charge on any atom is -0.495 e. The first-order valence-corrected chi connectivity index (χ1v) is 10.3. The van der Waals surface area contributed by atoms with Gasteiger partial charge in [-0.1, -0.05) is 11.6 Å². The summed E-state index contributed by atoms with van der Waals surface area (Å²) < 4.78 is 7.07. The maximum absolute atomic E-state index is 12.7. The number of carbonyl (C=O) groups is 1. The molecule has 2 aromatic heterocycles. The molecule has 1 aliphatic rings. The second-order valence-electron chi connectivity index (χ2n) is 7.34. The van der Waals surface area contributed by atoms with Gasteiger partial charge in [-0.15, -0.1) is 10.2 Å². The van der Waals surface area contributed by atoms with Gasteiger partial charge in [-0.05, 0) is 50.2 Å². The number of aryl methyl sites for hydroxylation is 2. The molecule has 3 aromatic rings. The summed E-state index contributed by atoms with van der Waals surface area (Å²) in [4.78, 5) is 16.6. The second-order valence-corrected chi connectivity index (χ2v) is 7.77. The summed E-state index contributed by atoms with van der Waals surface area (Å²) in [5, 5.41) is 16.5. The number of aromatic nitrogens is 4. The van der Waals surface area contributed by atoms with Crippen molar-refractivity contribution < 1.29 is 9.53 Å². The number of carbonyl (C=O) groups excluding carboxylic acids is 1. The number of hydrogen-bond donors (Lipinski definition) is 1. The maximum atomic E-state index is 12.7. The van der Waals surface area contributed by atoms with E-state index in [1.165, 1.54) is 0 Å². The number of urea groups is 1. The van der Waals surface area contributed by atoms with Crippen LogP contribution >= 0.6 is 11.6 Å². The summed E-state index contributed by atoms with van der Waals surface area (Å²) in [5.41, 5.74) is 2.50. The van der Waals surface area contributed by atoms with Crippen molar-refractivity contribution in [2.75, 3.05) is 43.5 Å². The summed E-state index contributed by atoms with van der Waals surface area (Å²) in [6, 6.07) is 10.8. The van der Waals surface area contributed by atoms with Crippen molar-refractivity contribution >= 4 is 29.1 Å².